The van der Waals surface area contributed by atoms with Gasteiger partial charge >= 0.3 is 12.0 Å². The molecule has 2 heterocycles. The molecule has 96 valence electrons. The van der Waals surface area contributed by atoms with Crippen molar-refractivity contribution >= 4 is 12.0 Å². The van der Waals surface area contributed by atoms with Gasteiger partial charge in [-0.3, -0.25) is 9.78 Å². The summed E-state index contributed by atoms with van der Waals surface area (Å²) in [6.07, 6.45) is 1.65. The average Bonchev–Trinajstić information content (AvgIpc) is 2.58. The minimum Gasteiger partial charge on any atom is -0.481 e. The van der Waals surface area contributed by atoms with E-state index in [0.717, 1.165) is 5.69 Å². The molecule has 6 heteroatoms. The van der Waals surface area contributed by atoms with Crippen molar-refractivity contribution in [2.24, 2.45) is 0 Å². The first-order valence-electron chi connectivity index (χ1n) is 5.71. The minimum absolute atomic E-state index is 0.0268. The molecule has 0 aliphatic carbocycles. The third-order valence-electron chi connectivity index (χ3n) is 3.04. The fourth-order valence-electron chi connectivity index (χ4n) is 2.06. The molecule has 1 aliphatic heterocycles. The van der Waals surface area contributed by atoms with Gasteiger partial charge in [-0.25, -0.2) is 4.79 Å². The van der Waals surface area contributed by atoms with Gasteiger partial charge in [0.05, 0.1) is 24.7 Å². The van der Waals surface area contributed by atoms with Gasteiger partial charge in [0.15, 0.2) is 0 Å². The summed E-state index contributed by atoms with van der Waals surface area (Å²) in [6.45, 7) is 0.846. The number of amides is 2. The molecule has 0 spiro atoms. The Morgan fingerprint density at radius 1 is 1.56 bits per heavy atom. The van der Waals surface area contributed by atoms with Crippen LogP contribution in [0.2, 0.25) is 0 Å². The molecule has 0 bridgehead atoms. The molecule has 0 saturated carbocycles. The number of carbonyl (C=O) groups is 2. The van der Waals surface area contributed by atoms with Gasteiger partial charge in [0.2, 0.25) is 0 Å². The first-order chi connectivity index (χ1) is 8.58. The van der Waals surface area contributed by atoms with Gasteiger partial charge in [-0.2, -0.15) is 0 Å². The summed E-state index contributed by atoms with van der Waals surface area (Å²) in [7, 11) is 1.63. The van der Waals surface area contributed by atoms with Crippen molar-refractivity contribution in [1.82, 2.24) is 14.8 Å². The largest absolute Gasteiger partial charge is 0.481 e. The molecule has 0 radical (unpaired) electrons. The minimum atomic E-state index is -0.890. The van der Waals surface area contributed by atoms with Crippen LogP contribution in [-0.4, -0.2) is 51.5 Å². The van der Waals surface area contributed by atoms with Crippen LogP contribution in [-0.2, 0) is 11.3 Å². The number of aromatic nitrogens is 1. The van der Waals surface area contributed by atoms with E-state index in [1.54, 1.807) is 18.1 Å². The molecule has 1 aromatic rings. The lowest BCUT2D eigenvalue weighted by atomic mass is 10.2. The maximum Gasteiger partial charge on any atom is 0.320 e. The average molecular weight is 249 g/mol. The zero-order valence-electron chi connectivity index (χ0n) is 10.1. The number of hydrogen-bond donors (Lipinski definition) is 1. The molecule has 18 heavy (non-hydrogen) atoms. The number of carbonyl (C=O) groups excluding carboxylic acids is 1. The Hall–Kier alpha value is -2.11. The first kappa shape index (κ1) is 12.3. The highest BCUT2D eigenvalue weighted by molar-refractivity contribution is 5.78. The van der Waals surface area contributed by atoms with Crippen LogP contribution in [0.5, 0.6) is 0 Å². The molecule has 1 atom stereocenters. The lowest BCUT2D eigenvalue weighted by molar-refractivity contribution is -0.137. The summed E-state index contributed by atoms with van der Waals surface area (Å²) in [5.41, 5.74) is 0.801. The Kier molecular flexibility index (Phi) is 3.45. The van der Waals surface area contributed by atoms with Gasteiger partial charge in [-0.15, -0.1) is 0 Å². The molecule has 2 amide bonds. The third kappa shape index (κ3) is 2.58. The van der Waals surface area contributed by atoms with Crippen LogP contribution in [0.1, 0.15) is 12.1 Å². The Morgan fingerprint density at radius 2 is 2.33 bits per heavy atom. The molecule has 1 aromatic heterocycles. The Morgan fingerprint density at radius 3 is 2.94 bits per heavy atom. The van der Waals surface area contributed by atoms with Crippen LogP contribution < -0.4 is 0 Å². The lowest BCUT2D eigenvalue weighted by Crippen LogP contribution is -2.32. The molecule has 2 rings (SSSR count). The highest BCUT2D eigenvalue weighted by Crippen LogP contribution is 2.18. The van der Waals surface area contributed by atoms with Crippen LogP contribution in [0.3, 0.4) is 0 Å². The van der Waals surface area contributed by atoms with Crippen molar-refractivity contribution in [2.75, 3.05) is 13.6 Å². The highest BCUT2D eigenvalue weighted by atomic mass is 16.4. The SMILES string of the molecule is CN1C(=O)N(Cc2ccccn2)CC1CC(=O)O. The molecule has 1 aliphatic rings. The van der Waals surface area contributed by atoms with E-state index >= 15 is 0 Å². The van der Waals surface area contributed by atoms with Gasteiger partial charge in [0, 0.05) is 19.8 Å². The third-order valence-corrected chi connectivity index (χ3v) is 3.04. The summed E-state index contributed by atoms with van der Waals surface area (Å²) in [4.78, 5) is 29.9. The van der Waals surface area contributed by atoms with Gasteiger partial charge in [-0.05, 0) is 12.1 Å². The second-order valence-corrected chi connectivity index (χ2v) is 4.35. The first-order valence-corrected chi connectivity index (χ1v) is 5.71. The van der Waals surface area contributed by atoms with E-state index in [1.165, 1.54) is 4.90 Å². The standard InChI is InChI=1S/C12H15N3O3/c1-14-10(6-11(16)17)8-15(12(14)18)7-9-4-2-3-5-13-9/h2-5,10H,6-8H2,1H3,(H,16,17). The smallest absolute Gasteiger partial charge is 0.320 e. The van der Waals surface area contributed by atoms with E-state index in [9.17, 15) is 9.59 Å². The Balaban J connectivity index is 2.03. The number of aliphatic carboxylic acids is 1. The predicted molar refractivity (Wildman–Crippen MR) is 63.8 cm³/mol. The van der Waals surface area contributed by atoms with Crippen molar-refractivity contribution in [1.29, 1.82) is 0 Å². The maximum atomic E-state index is 11.9. The van der Waals surface area contributed by atoms with Crippen LogP contribution >= 0.6 is 0 Å². The number of carboxylic acids is 1. The molecule has 1 fully saturated rings. The van der Waals surface area contributed by atoms with Crippen molar-refractivity contribution in [3.8, 4) is 0 Å². The molecular weight excluding hydrogens is 234 g/mol. The van der Waals surface area contributed by atoms with Crippen LogP contribution in [0.4, 0.5) is 4.79 Å². The normalized spacial score (nSPS) is 19.4. The topological polar surface area (TPSA) is 73.7 Å². The molecular formula is C12H15N3O3. The summed E-state index contributed by atoms with van der Waals surface area (Å²) in [6, 6.07) is 5.11. The molecule has 1 N–H and O–H groups in total. The quantitative estimate of drug-likeness (QED) is 0.856. The maximum absolute atomic E-state index is 11.9. The van der Waals surface area contributed by atoms with Crippen molar-refractivity contribution in [2.45, 2.75) is 19.0 Å². The van der Waals surface area contributed by atoms with E-state index < -0.39 is 5.97 Å². The van der Waals surface area contributed by atoms with Crippen LogP contribution in [0.15, 0.2) is 24.4 Å². The zero-order valence-corrected chi connectivity index (χ0v) is 10.1. The Bertz CT molecular complexity index is 449. The number of urea groups is 1. The second-order valence-electron chi connectivity index (χ2n) is 4.35. The van der Waals surface area contributed by atoms with E-state index in [1.807, 2.05) is 18.2 Å². The summed E-state index contributed by atoms with van der Waals surface area (Å²) in [5.74, 6) is -0.890. The molecule has 6 nitrogen and oxygen atoms in total. The van der Waals surface area contributed by atoms with Gasteiger partial charge in [0.1, 0.15) is 0 Å². The molecule has 1 saturated heterocycles. The van der Waals surface area contributed by atoms with Gasteiger partial charge < -0.3 is 14.9 Å². The number of nitrogens with zero attached hydrogens (tertiary/aromatic N) is 3. The fourth-order valence-corrected chi connectivity index (χ4v) is 2.06. The predicted octanol–water partition coefficient (Wildman–Crippen LogP) is 0.792. The van der Waals surface area contributed by atoms with Crippen LogP contribution in [0.25, 0.3) is 0 Å². The number of rotatable bonds is 4. The lowest BCUT2D eigenvalue weighted by Gasteiger charge is -2.15. The van der Waals surface area contributed by atoms with Crippen molar-refractivity contribution in [3.05, 3.63) is 30.1 Å². The zero-order chi connectivity index (χ0) is 13.1. The molecule has 1 unspecified atom stereocenters. The monoisotopic (exact) mass is 249 g/mol. The fraction of sp³-hybridized carbons (Fsp3) is 0.417. The highest BCUT2D eigenvalue weighted by Gasteiger charge is 2.35. The van der Waals surface area contributed by atoms with E-state index in [2.05, 4.69) is 4.98 Å². The van der Waals surface area contributed by atoms with Crippen molar-refractivity contribution < 1.29 is 14.7 Å². The summed E-state index contributed by atoms with van der Waals surface area (Å²) < 4.78 is 0. The van der Waals surface area contributed by atoms with E-state index in [4.69, 9.17) is 5.11 Å². The summed E-state index contributed by atoms with van der Waals surface area (Å²) in [5, 5.41) is 8.79. The van der Waals surface area contributed by atoms with Gasteiger partial charge in [-0.1, -0.05) is 6.07 Å². The summed E-state index contributed by atoms with van der Waals surface area (Å²) >= 11 is 0. The van der Waals surface area contributed by atoms with E-state index in [0.29, 0.717) is 13.1 Å². The number of carboxylic acid groups (broad SMARTS) is 1. The number of hydrogen-bond acceptors (Lipinski definition) is 3. The Labute approximate surface area is 105 Å². The van der Waals surface area contributed by atoms with Gasteiger partial charge in [0.25, 0.3) is 0 Å². The number of pyridine rings is 1. The molecule has 0 aromatic carbocycles. The van der Waals surface area contributed by atoms with Crippen molar-refractivity contribution in [3.63, 3.8) is 0 Å². The second kappa shape index (κ2) is 5.03. The number of likely N-dealkylation sites (N-methyl/N-ethyl adjacent to an activating group) is 1. The van der Waals surface area contributed by atoms with Crippen LogP contribution in [0, 0.1) is 0 Å². The van der Waals surface area contributed by atoms with E-state index in [-0.39, 0.29) is 18.5 Å².